The number of aromatic amines is 1. The lowest BCUT2D eigenvalue weighted by Gasteiger charge is -2.23. The highest BCUT2D eigenvalue weighted by molar-refractivity contribution is 8.08. The average molecular weight is 435 g/mol. The van der Waals surface area contributed by atoms with Crippen LogP contribution in [0.5, 0.6) is 0 Å². The summed E-state index contributed by atoms with van der Waals surface area (Å²) in [5, 5.41) is 2.59. The Morgan fingerprint density at radius 2 is 2.18 bits per heavy atom. The van der Waals surface area contributed by atoms with Crippen LogP contribution < -0.4 is 16.3 Å². The third kappa shape index (κ3) is 6.33. The fraction of sp³-hybridized carbons (Fsp3) is 0.688. The van der Waals surface area contributed by atoms with Crippen molar-refractivity contribution in [2.75, 3.05) is 6.61 Å². The first-order chi connectivity index (χ1) is 13.0. The number of carbonyl (C=O) groups excluding carboxylic acids is 1. The van der Waals surface area contributed by atoms with E-state index in [1.165, 1.54) is 23.8 Å². The second-order valence-corrected chi connectivity index (χ2v) is 10.1. The summed E-state index contributed by atoms with van der Waals surface area (Å²) in [4.78, 5) is 47.5. The molecular weight excluding hydrogens is 409 g/mol. The number of nitrogens with zero attached hydrogens (tertiary/aromatic N) is 1. The van der Waals surface area contributed by atoms with E-state index in [-0.39, 0.29) is 18.6 Å². The van der Waals surface area contributed by atoms with Gasteiger partial charge in [0.1, 0.15) is 12.3 Å². The lowest BCUT2D eigenvalue weighted by atomic mass is 10.1. The molecule has 5 atom stereocenters. The Morgan fingerprint density at radius 3 is 2.79 bits per heavy atom. The van der Waals surface area contributed by atoms with E-state index in [0.717, 1.165) is 0 Å². The van der Waals surface area contributed by atoms with Crippen molar-refractivity contribution in [2.24, 2.45) is 5.92 Å². The van der Waals surface area contributed by atoms with Gasteiger partial charge in [0.05, 0.1) is 18.8 Å². The van der Waals surface area contributed by atoms with Gasteiger partial charge in [-0.2, -0.15) is 0 Å². The predicted molar refractivity (Wildman–Crippen MR) is 105 cm³/mol. The zero-order chi connectivity index (χ0) is 21.1. The van der Waals surface area contributed by atoms with Gasteiger partial charge in [-0.25, -0.2) is 9.88 Å². The summed E-state index contributed by atoms with van der Waals surface area (Å²) in [5.41, 5.74) is -1.04. The monoisotopic (exact) mass is 435 g/mol. The second-order valence-electron chi connectivity index (χ2n) is 7.03. The van der Waals surface area contributed by atoms with E-state index in [1.807, 2.05) is 6.92 Å². The summed E-state index contributed by atoms with van der Waals surface area (Å²) in [6.45, 7) is 3.42. The van der Waals surface area contributed by atoms with E-state index < -0.39 is 42.2 Å². The minimum Gasteiger partial charge on any atom is -0.462 e. The molecule has 158 valence electrons. The van der Waals surface area contributed by atoms with Crippen molar-refractivity contribution in [2.45, 2.75) is 58.6 Å². The SMILES string of the molecule is CC(C)OC(=O)C(C)NP(O)(=S)OCC1CC(C)C(n2ccc(=O)[nH]c2=O)O1. The van der Waals surface area contributed by atoms with E-state index in [4.69, 9.17) is 25.8 Å². The number of aromatic nitrogens is 2. The fourth-order valence-electron chi connectivity index (χ4n) is 2.85. The molecule has 0 saturated carbocycles. The number of hydrogen-bond acceptors (Lipinski definition) is 7. The summed E-state index contributed by atoms with van der Waals surface area (Å²) in [6, 6.07) is 0.422. The van der Waals surface area contributed by atoms with Crippen LogP contribution in [0.4, 0.5) is 0 Å². The van der Waals surface area contributed by atoms with Crippen molar-refractivity contribution in [3.8, 4) is 0 Å². The van der Waals surface area contributed by atoms with E-state index in [2.05, 4.69) is 10.1 Å². The third-order valence-electron chi connectivity index (χ3n) is 4.08. The first-order valence-electron chi connectivity index (χ1n) is 8.91. The highest BCUT2D eigenvalue weighted by Gasteiger charge is 2.35. The first kappa shape index (κ1) is 22.9. The lowest BCUT2D eigenvalue weighted by Crippen LogP contribution is -2.35. The van der Waals surface area contributed by atoms with Gasteiger partial charge >= 0.3 is 11.7 Å². The summed E-state index contributed by atoms with van der Waals surface area (Å²) in [5.74, 6) is -0.563. The third-order valence-corrected chi connectivity index (χ3v) is 5.92. The Kier molecular flexibility index (Phi) is 7.72. The van der Waals surface area contributed by atoms with Crippen LogP contribution in [0.15, 0.2) is 21.9 Å². The van der Waals surface area contributed by atoms with Gasteiger partial charge in [-0.05, 0) is 39.0 Å². The molecule has 10 nitrogen and oxygen atoms in total. The average Bonchev–Trinajstić information content (AvgIpc) is 2.93. The standard InChI is InChI=1S/C16H26N3O7PS/c1-9(2)25-15(21)11(4)18-27(23,28)24-8-12-7-10(3)14(26-12)19-6-5-13(20)17-16(19)22/h5-6,9-12,14H,7-8H2,1-4H3,(H,17,20,22)(H2,18,23,28). The van der Waals surface area contributed by atoms with Crippen molar-refractivity contribution in [1.82, 2.24) is 14.6 Å². The minimum absolute atomic E-state index is 0.00826. The second kappa shape index (κ2) is 9.43. The van der Waals surface area contributed by atoms with Crippen LogP contribution in [-0.2, 0) is 30.6 Å². The molecule has 1 saturated heterocycles. The molecule has 0 amide bonds. The molecule has 1 aromatic heterocycles. The van der Waals surface area contributed by atoms with Crippen LogP contribution >= 0.6 is 6.64 Å². The van der Waals surface area contributed by atoms with Crippen LogP contribution in [0.3, 0.4) is 0 Å². The van der Waals surface area contributed by atoms with Crippen molar-refractivity contribution in [3.05, 3.63) is 33.1 Å². The maximum Gasteiger partial charge on any atom is 0.330 e. The normalized spacial score (nSPS) is 25.4. The molecule has 12 heteroatoms. The van der Waals surface area contributed by atoms with Crippen molar-refractivity contribution >= 4 is 24.4 Å². The molecule has 0 radical (unpaired) electrons. The van der Waals surface area contributed by atoms with E-state index in [1.54, 1.807) is 13.8 Å². The number of ether oxygens (including phenoxy) is 2. The highest BCUT2D eigenvalue weighted by Crippen LogP contribution is 2.41. The Balaban J connectivity index is 1.92. The zero-order valence-corrected chi connectivity index (χ0v) is 17.9. The number of esters is 1. The molecule has 1 aromatic rings. The van der Waals surface area contributed by atoms with E-state index in [0.29, 0.717) is 6.42 Å². The molecule has 2 rings (SSSR count). The van der Waals surface area contributed by atoms with Gasteiger partial charge in [-0.3, -0.25) is 19.1 Å². The van der Waals surface area contributed by atoms with Crippen LogP contribution in [0, 0.1) is 5.92 Å². The van der Waals surface area contributed by atoms with Gasteiger partial charge < -0.3 is 18.9 Å². The summed E-state index contributed by atoms with van der Waals surface area (Å²) >= 11 is 5.05. The number of nitrogens with one attached hydrogen (secondary N) is 2. The first-order valence-corrected chi connectivity index (χ1v) is 11.6. The molecule has 0 bridgehead atoms. The molecule has 0 aromatic carbocycles. The summed E-state index contributed by atoms with van der Waals surface area (Å²) in [6.07, 6.45) is 0.688. The van der Waals surface area contributed by atoms with Crippen molar-refractivity contribution in [1.29, 1.82) is 0 Å². The number of hydrogen-bond donors (Lipinski definition) is 3. The highest BCUT2D eigenvalue weighted by atomic mass is 32.5. The zero-order valence-electron chi connectivity index (χ0n) is 16.2. The fourth-order valence-corrected chi connectivity index (χ4v) is 4.54. The van der Waals surface area contributed by atoms with Crippen LogP contribution in [0.1, 0.15) is 40.3 Å². The van der Waals surface area contributed by atoms with Crippen molar-refractivity contribution in [3.63, 3.8) is 0 Å². The molecule has 5 unspecified atom stereocenters. The van der Waals surface area contributed by atoms with Gasteiger partial charge in [0.2, 0.25) is 0 Å². The molecule has 1 aliphatic heterocycles. The van der Waals surface area contributed by atoms with Gasteiger partial charge in [0.25, 0.3) is 12.2 Å². The van der Waals surface area contributed by atoms with Crippen LogP contribution in [0.25, 0.3) is 0 Å². The largest absolute Gasteiger partial charge is 0.462 e. The molecular formula is C16H26N3O7PS. The minimum atomic E-state index is -3.44. The maximum atomic E-state index is 11.9. The van der Waals surface area contributed by atoms with Gasteiger partial charge in [0, 0.05) is 18.2 Å². The van der Waals surface area contributed by atoms with Gasteiger partial charge in [-0.1, -0.05) is 6.92 Å². The van der Waals surface area contributed by atoms with E-state index >= 15 is 0 Å². The molecule has 3 N–H and O–H groups in total. The Labute approximate surface area is 167 Å². The molecule has 0 aliphatic carbocycles. The van der Waals surface area contributed by atoms with Crippen LogP contribution in [-0.4, -0.2) is 45.3 Å². The quantitative estimate of drug-likeness (QED) is 0.397. The summed E-state index contributed by atoms with van der Waals surface area (Å²) < 4.78 is 17.6. The molecule has 28 heavy (non-hydrogen) atoms. The molecule has 1 aliphatic rings. The number of H-pyrrole nitrogens is 1. The lowest BCUT2D eigenvalue weighted by molar-refractivity contribution is -0.149. The molecule has 1 fully saturated rings. The Bertz CT molecular complexity index is 855. The topological polar surface area (TPSA) is 132 Å². The molecule has 0 spiro atoms. The van der Waals surface area contributed by atoms with Crippen LogP contribution in [0.2, 0.25) is 0 Å². The van der Waals surface area contributed by atoms with Gasteiger partial charge in [0.15, 0.2) is 0 Å². The predicted octanol–water partition coefficient (Wildman–Crippen LogP) is 0.623. The van der Waals surface area contributed by atoms with Crippen molar-refractivity contribution < 1.29 is 23.7 Å². The number of carbonyl (C=O) groups is 1. The summed E-state index contributed by atoms with van der Waals surface area (Å²) in [7, 11) is 0. The maximum absolute atomic E-state index is 11.9. The smallest absolute Gasteiger partial charge is 0.330 e. The van der Waals surface area contributed by atoms with Gasteiger partial charge in [-0.15, -0.1) is 0 Å². The Morgan fingerprint density at radius 1 is 1.50 bits per heavy atom. The molecule has 2 heterocycles. The van der Waals surface area contributed by atoms with E-state index in [9.17, 15) is 19.3 Å². The Hall–Kier alpha value is -1.36. The number of rotatable bonds is 8.